The van der Waals surface area contributed by atoms with Crippen LogP contribution in [0.4, 0.5) is 11.4 Å². The monoisotopic (exact) mass is 394 g/mol. The van der Waals surface area contributed by atoms with Crippen molar-refractivity contribution in [3.63, 3.8) is 0 Å². The van der Waals surface area contributed by atoms with Crippen molar-refractivity contribution in [3.05, 3.63) is 76.7 Å². The van der Waals surface area contributed by atoms with Crippen molar-refractivity contribution in [1.29, 1.82) is 0 Å². The summed E-state index contributed by atoms with van der Waals surface area (Å²) in [6, 6.07) is 17.8. The van der Waals surface area contributed by atoms with Crippen LogP contribution in [-0.2, 0) is 4.79 Å². The summed E-state index contributed by atoms with van der Waals surface area (Å²) in [4.78, 5) is 19.1. The standard InChI is InChI=1S/C20H18N4OS2/c1-13(25)22-14-7-9-15(10-8-14)24-19(17-6-4-12-27-17)18(23-20(24)26)16-5-2-3-11-21-16/h2-12,18-19H,1H3,(H,22,25)(H,23,26). The molecule has 2 atom stereocenters. The van der Waals surface area contributed by atoms with E-state index in [9.17, 15) is 4.79 Å². The maximum absolute atomic E-state index is 11.3. The number of hydrogen-bond acceptors (Lipinski definition) is 4. The molecular weight excluding hydrogens is 376 g/mol. The first-order valence-electron chi connectivity index (χ1n) is 8.55. The van der Waals surface area contributed by atoms with Gasteiger partial charge in [-0.1, -0.05) is 12.1 Å². The molecule has 7 heteroatoms. The molecule has 1 fully saturated rings. The predicted molar refractivity (Wildman–Crippen MR) is 113 cm³/mol. The van der Waals surface area contributed by atoms with E-state index in [0.29, 0.717) is 5.11 Å². The fourth-order valence-corrected chi connectivity index (χ4v) is 4.49. The van der Waals surface area contributed by atoms with Crippen molar-refractivity contribution in [2.24, 2.45) is 0 Å². The molecule has 0 spiro atoms. The molecule has 2 unspecified atom stereocenters. The van der Waals surface area contributed by atoms with Gasteiger partial charge in [-0.2, -0.15) is 0 Å². The first kappa shape index (κ1) is 17.6. The first-order chi connectivity index (χ1) is 13.1. The number of benzene rings is 1. The average molecular weight is 395 g/mol. The van der Waals surface area contributed by atoms with E-state index in [4.69, 9.17) is 12.2 Å². The first-order valence-corrected chi connectivity index (χ1v) is 9.84. The lowest BCUT2D eigenvalue weighted by molar-refractivity contribution is -0.114. The predicted octanol–water partition coefficient (Wildman–Crippen LogP) is 4.28. The van der Waals surface area contributed by atoms with Crippen molar-refractivity contribution in [1.82, 2.24) is 10.3 Å². The minimum absolute atomic E-state index is 0.0130. The molecule has 0 aliphatic carbocycles. The molecule has 1 aromatic carbocycles. The summed E-state index contributed by atoms with van der Waals surface area (Å²) in [7, 11) is 0. The highest BCUT2D eigenvalue weighted by Gasteiger charge is 2.41. The van der Waals surface area contributed by atoms with E-state index >= 15 is 0 Å². The second-order valence-electron chi connectivity index (χ2n) is 6.24. The number of thiophene rings is 1. The zero-order valence-electron chi connectivity index (χ0n) is 14.6. The van der Waals surface area contributed by atoms with Crippen LogP contribution in [0.15, 0.2) is 66.2 Å². The molecule has 2 N–H and O–H groups in total. The Morgan fingerprint density at radius 2 is 2.00 bits per heavy atom. The molecule has 0 radical (unpaired) electrons. The zero-order chi connectivity index (χ0) is 18.8. The van der Waals surface area contributed by atoms with Crippen LogP contribution in [0.1, 0.15) is 29.6 Å². The summed E-state index contributed by atoms with van der Waals surface area (Å²) in [5.41, 5.74) is 2.69. The summed E-state index contributed by atoms with van der Waals surface area (Å²) in [6.07, 6.45) is 1.80. The van der Waals surface area contributed by atoms with Gasteiger partial charge < -0.3 is 15.5 Å². The number of thiocarbonyl (C=S) groups is 1. The second kappa shape index (κ2) is 7.46. The lowest BCUT2D eigenvalue weighted by Crippen LogP contribution is -2.29. The van der Waals surface area contributed by atoms with Gasteiger partial charge in [0.1, 0.15) is 0 Å². The van der Waals surface area contributed by atoms with E-state index < -0.39 is 0 Å². The number of amides is 1. The topological polar surface area (TPSA) is 57.3 Å². The molecule has 1 aliphatic heterocycles. The summed E-state index contributed by atoms with van der Waals surface area (Å²) >= 11 is 7.38. The highest BCUT2D eigenvalue weighted by molar-refractivity contribution is 7.80. The Labute approximate surface area is 167 Å². The molecule has 4 rings (SSSR count). The normalized spacial score (nSPS) is 19.0. The van der Waals surface area contributed by atoms with Crippen molar-refractivity contribution in [3.8, 4) is 0 Å². The third-order valence-corrected chi connectivity index (χ3v) is 5.66. The number of pyridine rings is 1. The lowest BCUT2D eigenvalue weighted by atomic mass is 10.0. The number of rotatable bonds is 4. The Balaban J connectivity index is 1.72. The van der Waals surface area contributed by atoms with Gasteiger partial charge in [0.05, 0.1) is 17.8 Å². The van der Waals surface area contributed by atoms with Crippen LogP contribution in [0.25, 0.3) is 0 Å². The highest BCUT2D eigenvalue weighted by atomic mass is 32.1. The minimum atomic E-state index is -0.0900. The fourth-order valence-electron chi connectivity index (χ4n) is 3.29. The number of nitrogens with one attached hydrogen (secondary N) is 2. The Hall–Kier alpha value is -2.77. The maximum atomic E-state index is 11.3. The smallest absolute Gasteiger partial charge is 0.221 e. The van der Waals surface area contributed by atoms with Gasteiger partial charge in [0.25, 0.3) is 0 Å². The van der Waals surface area contributed by atoms with Crippen LogP contribution < -0.4 is 15.5 Å². The largest absolute Gasteiger partial charge is 0.351 e. The molecule has 136 valence electrons. The van der Waals surface area contributed by atoms with Crippen LogP contribution >= 0.6 is 23.6 Å². The zero-order valence-corrected chi connectivity index (χ0v) is 16.3. The van der Waals surface area contributed by atoms with E-state index in [1.807, 2.05) is 42.5 Å². The lowest BCUT2D eigenvalue weighted by Gasteiger charge is -2.27. The van der Waals surface area contributed by atoms with E-state index in [2.05, 4.69) is 38.0 Å². The molecule has 3 aromatic rings. The van der Waals surface area contributed by atoms with Gasteiger partial charge in [-0.15, -0.1) is 11.3 Å². The maximum Gasteiger partial charge on any atom is 0.221 e. The third kappa shape index (κ3) is 3.56. The molecule has 27 heavy (non-hydrogen) atoms. The molecule has 0 bridgehead atoms. The van der Waals surface area contributed by atoms with Crippen molar-refractivity contribution in [2.45, 2.75) is 19.0 Å². The van der Waals surface area contributed by atoms with Gasteiger partial charge in [0.15, 0.2) is 5.11 Å². The molecule has 1 aliphatic rings. The van der Waals surface area contributed by atoms with E-state index in [1.165, 1.54) is 11.8 Å². The van der Waals surface area contributed by atoms with Gasteiger partial charge in [-0.05, 0) is 60.1 Å². The third-order valence-electron chi connectivity index (χ3n) is 4.40. The second-order valence-corrected chi connectivity index (χ2v) is 7.61. The Kier molecular flexibility index (Phi) is 4.87. The van der Waals surface area contributed by atoms with Crippen molar-refractivity contribution < 1.29 is 4.79 Å². The Bertz CT molecular complexity index is 942. The van der Waals surface area contributed by atoms with Gasteiger partial charge in [-0.3, -0.25) is 9.78 Å². The highest BCUT2D eigenvalue weighted by Crippen LogP contribution is 2.43. The number of anilines is 2. The summed E-state index contributed by atoms with van der Waals surface area (Å²) in [5, 5.41) is 8.97. The van der Waals surface area contributed by atoms with E-state index in [1.54, 1.807) is 17.5 Å². The SMILES string of the molecule is CC(=O)Nc1ccc(N2C(=S)NC(c3ccccn3)C2c2cccs2)cc1. The minimum Gasteiger partial charge on any atom is -0.351 e. The average Bonchev–Trinajstić information content (AvgIpc) is 3.30. The molecular formula is C20H18N4OS2. The number of carbonyl (C=O) groups excluding carboxylic acids is 1. The molecule has 1 amide bonds. The van der Waals surface area contributed by atoms with E-state index in [-0.39, 0.29) is 18.0 Å². The van der Waals surface area contributed by atoms with Crippen LogP contribution in [0, 0.1) is 0 Å². The number of aromatic nitrogens is 1. The Morgan fingerprint density at radius 3 is 2.63 bits per heavy atom. The quantitative estimate of drug-likeness (QED) is 0.647. The van der Waals surface area contributed by atoms with E-state index in [0.717, 1.165) is 17.1 Å². The van der Waals surface area contributed by atoms with Crippen molar-refractivity contribution >= 4 is 45.9 Å². The van der Waals surface area contributed by atoms with Crippen LogP contribution in [0.5, 0.6) is 0 Å². The molecule has 3 heterocycles. The molecule has 2 aromatic heterocycles. The van der Waals surface area contributed by atoms with Crippen LogP contribution in [0.3, 0.4) is 0 Å². The Morgan fingerprint density at radius 1 is 1.19 bits per heavy atom. The van der Waals surface area contributed by atoms with Crippen molar-refractivity contribution in [2.75, 3.05) is 10.2 Å². The number of nitrogens with zero attached hydrogens (tertiary/aromatic N) is 2. The van der Waals surface area contributed by atoms with Crippen LogP contribution in [-0.4, -0.2) is 16.0 Å². The summed E-state index contributed by atoms with van der Waals surface area (Å²) in [6.45, 7) is 1.50. The fraction of sp³-hybridized carbons (Fsp3) is 0.150. The number of carbonyl (C=O) groups is 1. The van der Waals surface area contributed by atoms with Gasteiger partial charge >= 0.3 is 0 Å². The van der Waals surface area contributed by atoms with Gasteiger partial charge in [-0.25, -0.2) is 0 Å². The summed E-state index contributed by atoms with van der Waals surface area (Å²) in [5.74, 6) is -0.0900. The summed E-state index contributed by atoms with van der Waals surface area (Å²) < 4.78 is 0. The van der Waals surface area contributed by atoms with Gasteiger partial charge in [0.2, 0.25) is 5.91 Å². The molecule has 1 saturated heterocycles. The number of hydrogen-bond donors (Lipinski definition) is 2. The van der Waals surface area contributed by atoms with Crippen LogP contribution in [0.2, 0.25) is 0 Å². The molecule has 0 saturated carbocycles. The molecule has 5 nitrogen and oxygen atoms in total. The van der Waals surface area contributed by atoms with Gasteiger partial charge in [0, 0.05) is 29.4 Å².